The van der Waals surface area contributed by atoms with E-state index in [4.69, 9.17) is 5.73 Å². The Bertz CT molecular complexity index is 661. The normalized spacial score (nSPS) is 24.2. The number of halogens is 1. The van der Waals surface area contributed by atoms with Gasteiger partial charge in [-0.1, -0.05) is 6.92 Å². The molecule has 1 aliphatic heterocycles. The Morgan fingerprint density at radius 3 is 2.62 bits per heavy atom. The zero-order valence-corrected chi connectivity index (χ0v) is 13.2. The van der Waals surface area contributed by atoms with Crippen molar-refractivity contribution in [3.8, 4) is 0 Å². The highest BCUT2D eigenvalue weighted by molar-refractivity contribution is 7.89. The summed E-state index contributed by atoms with van der Waals surface area (Å²) in [6.45, 7) is 5.39. The second kappa shape index (κ2) is 5.55. The summed E-state index contributed by atoms with van der Waals surface area (Å²) in [4.78, 5) is 0.0741. The standard InChI is InChI=1S/C14H21FN2O3S/c1-8-6-11(15)13(16)10(3)14(8)21(19,20)17-5-4-12(18)9(2)7-17/h6,9,12,18H,4-5,7,16H2,1-3H3. The van der Waals surface area contributed by atoms with Crippen molar-refractivity contribution < 1.29 is 17.9 Å². The van der Waals surface area contributed by atoms with Gasteiger partial charge in [-0.15, -0.1) is 0 Å². The Hall–Kier alpha value is -1.18. The van der Waals surface area contributed by atoms with Crippen LogP contribution in [-0.2, 0) is 10.0 Å². The average molecular weight is 316 g/mol. The number of hydrogen-bond acceptors (Lipinski definition) is 4. The van der Waals surface area contributed by atoms with Crippen LogP contribution in [0.2, 0.25) is 0 Å². The minimum absolute atomic E-state index is 0.0741. The van der Waals surface area contributed by atoms with Gasteiger partial charge in [-0.25, -0.2) is 12.8 Å². The summed E-state index contributed by atoms with van der Waals surface area (Å²) in [6.07, 6.45) is -0.0910. The number of nitrogens with zero attached hydrogens (tertiary/aromatic N) is 1. The predicted octanol–water partition coefficient (Wildman–Crippen LogP) is 1.42. The van der Waals surface area contributed by atoms with Crippen molar-refractivity contribution in [2.75, 3.05) is 18.8 Å². The zero-order chi connectivity index (χ0) is 15.9. The lowest BCUT2D eigenvalue weighted by molar-refractivity contribution is 0.0628. The smallest absolute Gasteiger partial charge is 0.243 e. The number of sulfonamides is 1. The first-order valence-electron chi connectivity index (χ1n) is 6.89. The Kier molecular flexibility index (Phi) is 4.28. The Morgan fingerprint density at radius 2 is 2.05 bits per heavy atom. The SMILES string of the molecule is Cc1cc(F)c(N)c(C)c1S(=O)(=O)N1CCC(O)C(C)C1. The lowest BCUT2D eigenvalue weighted by atomic mass is 9.99. The van der Waals surface area contributed by atoms with Crippen LogP contribution in [0.3, 0.4) is 0 Å². The Morgan fingerprint density at radius 1 is 1.43 bits per heavy atom. The Balaban J connectivity index is 2.48. The topological polar surface area (TPSA) is 83.6 Å². The zero-order valence-electron chi connectivity index (χ0n) is 12.4. The maximum Gasteiger partial charge on any atom is 0.243 e. The molecule has 1 heterocycles. The van der Waals surface area contributed by atoms with Crippen molar-refractivity contribution in [1.82, 2.24) is 4.31 Å². The van der Waals surface area contributed by atoms with E-state index in [2.05, 4.69) is 0 Å². The van der Waals surface area contributed by atoms with Gasteiger partial charge in [-0.2, -0.15) is 4.31 Å². The number of piperidine rings is 1. The van der Waals surface area contributed by atoms with Crippen LogP contribution in [0, 0.1) is 25.6 Å². The van der Waals surface area contributed by atoms with E-state index in [1.54, 1.807) is 6.92 Å². The molecule has 1 aromatic carbocycles. The van der Waals surface area contributed by atoms with E-state index in [0.29, 0.717) is 12.0 Å². The van der Waals surface area contributed by atoms with E-state index < -0.39 is 21.9 Å². The van der Waals surface area contributed by atoms with Crippen molar-refractivity contribution in [3.63, 3.8) is 0 Å². The molecule has 3 N–H and O–H groups in total. The molecule has 2 atom stereocenters. The number of aliphatic hydroxyl groups excluding tert-OH is 1. The molecule has 1 fully saturated rings. The fraction of sp³-hybridized carbons (Fsp3) is 0.571. The molecule has 0 spiro atoms. The molecule has 0 saturated carbocycles. The molecule has 0 aromatic heterocycles. The quantitative estimate of drug-likeness (QED) is 0.808. The first-order chi connectivity index (χ1) is 9.66. The van der Waals surface area contributed by atoms with E-state index in [1.807, 2.05) is 6.92 Å². The second-order valence-corrected chi connectivity index (χ2v) is 7.61. The van der Waals surface area contributed by atoms with Gasteiger partial charge in [0.25, 0.3) is 0 Å². The number of nitrogen functional groups attached to an aromatic ring is 1. The van der Waals surface area contributed by atoms with Gasteiger partial charge in [0.1, 0.15) is 5.82 Å². The summed E-state index contributed by atoms with van der Waals surface area (Å²) in [5.74, 6) is -0.738. The molecule has 0 amide bonds. The van der Waals surface area contributed by atoms with Crippen LogP contribution in [0.15, 0.2) is 11.0 Å². The molecule has 0 aliphatic carbocycles. The van der Waals surface area contributed by atoms with Gasteiger partial charge < -0.3 is 10.8 Å². The molecule has 5 nitrogen and oxygen atoms in total. The summed E-state index contributed by atoms with van der Waals surface area (Å²) in [5.41, 5.74) is 6.08. The van der Waals surface area contributed by atoms with Crippen molar-refractivity contribution in [2.45, 2.75) is 38.2 Å². The first-order valence-corrected chi connectivity index (χ1v) is 8.33. The summed E-state index contributed by atoms with van der Waals surface area (Å²) in [6, 6.07) is 1.15. The van der Waals surface area contributed by atoms with Crippen LogP contribution in [0.4, 0.5) is 10.1 Å². The van der Waals surface area contributed by atoms with Crippen LogP contribution in [0.5, 0.6) is 0 Å². The number of aliphatic hydroxyl groups is 1. The lowest BCUT2D eigenvalue weighted by Crippen LogP contribution is -2.45. The van der Waals surface area contributed by atoms with Gasteiger partial charge in [-0.05, 0) is 43.4 Å². The number of rotatable bonds is 2. The van der Waals surface area contributed by atoms with E-state index in [1.165, 1.54) is 11.2 Å². The van der Waals surface area contributed by atoms with Crippen LogP contribution in [0.1, 0.15) is 24.5 Å². The molecule has 2 rings (SSSR count). The molecule has 21 heavy (non-hydrogen) atoms. The maximum atomic E-state index is 13.6. The van der Waals surface area contributed by atoms with Gasteiger partial charge in [0.2, 0.25) is 10.0 Å². The van der Waals surface area contributed by atoms with E-state index in [9.17, 15) is 17.9 Å². The molecule has 118 valence electrons. The highest BCUT2D eigenvalue weighted by Gasteiger charge is 2.35. The number of aryl methyl sites for hydroxylation is 1. The molecule has 7 heteroatoms. The fourth-order valence-corrected chi connectivity index (χ4v) is 4.77. The number of hydrogen-bond donors (Lipinski definition) is 2. The highest BCUT2D eigenvalue weighted by Crippen LogP contribution is 2.31. The summed E-state index contributed by atoms with van der Waals surface area (Å²) < 4.78 is 40.6. The molecule has 1 saturated heterocycles. The van der Waals surface area contributed by atoms with Gasteiger partial charge in [0.15, 0.2) is 0 Å². The summed E-state index contributed by atoms with van der Waals surface area (Å²) >= 11 is 0. The third-order valence-electron chi connectivity index (χ3n) is 4.12. The maximum absolute atomic E-state index is 13.6. The van der Waals surface area contributed by atoms with E-state index >= 15 is 0 Å². The molecular weight excluding hydrogens is 295 g/mol. The predicted molar refractivity (Wildman–Crippen MR) is 78.8 cm³/mol. The minimum atomic E-state index is -3.74. The number of anilines is 1. The van der Waals surface area contributed by atoms with Crippen molar-refractivity contribution in [2.24, 2.45) is 5.92 Å². The molecule has 0 radical (unpaired) electrons. The van der Waals surface area contributed by atoms with Gasteiger partial charge in [-0.3, -0.25) is 0 Å². The monoisotopic (exact) mass is 316 g/mol. The minimum Gasteiger partial charge on any atom is -0.396 e. The van der Waals surface area contributed by atoms with Crippen molar-refractivity contribution in [1.29, 1.82) is 0 Å². The van der Waals surface area contributed by atoms with Gasteiger partial charge >= 0.3 is 0 Å². The Labute approximate surface area is 124 Å². The number of nitrogens with two attached hydrogens (primary N) is 1. The summed E-state index contributed by atoms with van der Waals surface area (Å²) in [5, 5.41) is 9.73. The molecule has 0 bridgehead atoms. The molecule has 1 aromatic rings. The fourth-order valence-electron chi connectivity index (χ4n) is 2.77. The van der Waals surface area contributed by atoms with Crippen molar-refractivity contribution >= 4 is 15.7 Å². The average Bonchev–Trinajstić information content (AvgIpc) is 2.39. The molecule has 1 aliphatic rings. The second-order valence-electron chi connectivity index (χ2n) is 5.74. The lowest BCUT2D eigenvalue weighted by Gasteiger charge is -2.34. The van der Waals surface area contributed by atoms with Crippen molar-refractivity contribution in [3.05, 3.63) is 23.0 Å². The van der Waals surface area contributed by atoms with Crippen LogP contribution >= 0.6 is 0 Å². The largest absolute Gasteiger partial charge is 0.396 e. The van der Waals surface area contributed by atoms with E-state index in [0.717, 1.165) is 6.07 Å². The third kappa shape index (κ3) is 2.77. The number of benzene rings is 1. The van der Waals surface area contributed by atoms with E-state index in [-0.39, 0.29) is 35.2 Å². The summed E-state index contributed by atoms with van der Waals surface area (Å²) in [7, 11) is -3.74. The van der Waals surface area contributed by atoms with Crippen LogP contribution < -0.4 is 5.73 Å². The highest BCUT2D eigenvalue weighted by atomic mass is 32.2. The van der Waals surface area contributed by atoms with Gasteiger partial charge in [0.05, 0.1) is 16.7 Å². The van der Waals surface area contributed by atoms with Gasteiger partial charge in [0, 0.05) is 13.1 Å². The molecular formula is C14H21FN2O3S. The third-order valence-corrected chi connectivity index (χ3v) is 6.28. The first kappa shape index (κ1) is 16.2. The van der Waals surface area contributed by atoms with Crippen LogP contribution in [0.25, 0.3) is 0 Å². The molecule has 2 unspecified atom stereocenters. The van der Waals surface area contributed by atoms with Crippen LogP contribution in [-0.4, -0.2) is 37.0 Å².